The number of nitrogens with one attached hydrogen (secondary N) is 1. The molecule has 35 heavy (non-hydrogen) atoms. The van der Waals surface area contributed by atoms with Crippen molar-refractivity contribution in [1.29, 1.82) is 0 Å². The molecular weight excluding hydrogens is 433 g/mol. The van der Waals surface area contributed by atoms with Crippen molar-refractivity contribution >= 4 is 17.1 Å². The summed E-state index contributed by atoms with van der Waals surface area (Å²) in [7, 11) is 0. The van der Waals surface area contributed by atoms with E-state index >= 15 is 4.39 Å². The van der Waals surface area contributed by atoms with E-state index in [4.69, 9.17) is 0 Å². The van der Waals surface area contributed by atoms with E-state index < -0.39 is 0 Å². The lowest BCUT2D eigenvalue weighted by molar-refractivity contribution is 0.460. The highest BCUT2D eigenvalue weighted by atomic mass is 19.1. The van der Waals surface area contributed by atoms with Crippen LogP contribution in [0.4, 0.5) is 4.39 Å². The van der Waals surface area contributed by atoms with Crippen LogP contribution >= 0.6 is 0 Å². The summed E-state index contributed by atoms with van der Waals surface area (Å²) in [6, 6.07) is 7.20. The van der Waals surface area contributed by atoms with Crippen molar-refractivity contribution in [2.45, 2.75) is 91.5 Å². The second-order valence-electron chi connectivity index (χ2n) is 10.7. The lowest BCUT2D eigenvalue weighted by atomic mass is 9.80. The Kier molecular flexibility index (Phi) is 8.54. The van der Waals surface area contributed by atoms with E-state index in [1.165, 1.54) is 40.7 Å². The normalized spacial score (nSPS) is 25.3. The van der Waals surface area contributed by atoms with Gasteiger partial charge >= 0.3 is 0 Å². The Bertz CT molecular complexity index is 1080. The van der Waals surface area contributed by atoms with Gasteiger partial charge in [0, 0.05) is 6.42 Å². The zero-order chi connectivity index (χ0) is 24.9. The molecule has 1 unspecified atom stereocenters. The van der Waals surface area contributed by atoms with Crippen molar-refractivity contribution in [2.75, 3.05) is 13.1 Å². The molecule has 3 nitrogen and oxygen atoms in total. The highest BCUT2D eigenvalue weighted by molar-refractivity contribution is 6.07. The first kappa shape index (κ1) is 25.8. The van der Waals surface area contributed by atoms with E-state index in [2.05, 4.69) is 67.3 Å². The van der Waals surface area contributed by atoms with Crippen molar-refractivity contribution in [3.63, 3.8) is 0 Å². The third-order valence-corrected chi connectivity index (χ3v) is 7.63. The van der Waals surface area contributed by atoms with E-state index in [-0.39, 0.29) is 11.9 Å². The Morgan fingerprint density at radius 1 is 1.14 bits per heavy atom. The fraction of sp³-hybridized carbons (Fsp3) is 0.548. The molecule has 0 saturated carbocycles. The van der Waals surface area contributed by atoms with E-state index in [9.17, 15) is 0 Å². The van der Waals surface area contributed by atoms with Crippen LogP contribution in [-0.4, -0.2) is 30.7 Å². The Hall–Kier alpha value is -2.33. The SMILES string of the molecule is CCCC(/C1=C/CCC2CC(=NC(C)=N2)/C(F)=C\1)=C(\c1cc(C2CCNCC2)ccc1C)C(C)C. The molecule has 0 radical (unpaired) electrons. The van der Waals surface area contributed by atoms with Gasteiger partial charge in [-0.15, -0.1) is 0 Å². The van der Waals surface area contributed by atoms with Crippen LogP contribution in [0.15, 0.2) is 57.3 Å². The van der Waals surface area contributed by atoms with Crippen LogP contribution in [0.1, 0.15) is 95.2 Å². The molecule has 4 rings (SSSR count). The van der Waals surface area contributed by atoms with Gasteiger partial charge < -0.3 is 5.32 Å². The Morgan fingerprint density at radius 3 is 2.63 bits per heavy atom. The van der Waals surface area contributed by atoms with E-state index in [0.717, 1.165) is 44.3 Å². The molecule has 1 fully saturated rings. The molecule has 1 N–H and O–H groups in total. The van der Waals surface area contributed by atoms with Crippen molar-refractivity contribution in [1.82, 2.24) is 5.32 Å². The molecule has 2 bridgehead atoms. The second-order valence-corrected chi connectivity index (χ2v) is 10.7. The molecule has 2 aliphatic heterocycles. The second kappa shape index (κ2) is 11.6. The maximum Gasteiger partial charge on any atom is 0.145 e. The minimum absolute atomic E-state index is 0.129. The van der Waals surface area contributed by atoms with Crippen molar-refractivity contribution < 1.29 is 4.39 Å². The number of nitrogens with zero attached hydrogens (tertiary/aromatic N) is 2. The lowest BCUT2D eigenvalue weighted by Crippen LogP contribution is -2.26. The topological polar surface area (TPSA) is 36.8 Å². The van der Waals surface area contributed by atoms with Gasteiger partial charge in [0.25, 0.3) is 0 Å². The number of hydrogen-bond donors (Lipinski definition) is 1. The number of halogens is 1. The molecule has 1 atom stereocenters. The largest absolute Gasteiger partial charge is 0.317 e. The molecule has 1 aromatic carbocycles. The highest BCUT2D eigenvalue weighted by Crippen LogP contribution is 2.38. The maximum absolute atomic E-state index is 15.6. The molecule has 1 aromatic rings. The number of piperidine rings is 1. The Morgan fingerprint density at radius 2 is 1.91 bits per heavy atom. The monoisotopic (exact) mass is 475 g/mol. The third-order valence-electron chi connectivity index (χ3n) is 7.63. The zero-order valence-corrected chi connectivity index (χ0v) is 22.3. The van der Waals surface area contributed by atoms with Crippen LogP contribution in [0.2, 0.25) is 0 Å². The van der Waals surface area contributed by atoms with Crippen LogP contribution < -0.4 is 5.32 Å². The van der Waals surface area contributed by atoms with Gasteiger partial charge in [0.2, 0.25) is 0 Å². The molecular formula is C31H42FN3. The van der Waals surface area contributed by atoms with Crippen LogP contribution in [0.3, 0.4) is 0 Å². The summed E-state index contributed by atoms with van der Waals surface area (Å²) in [6.45, 7) is 13.1. The van der Waals surface area contributed by atoms with Gasteiger partial charge in [-0.25, -0.2) is 9.38 Å². The number of hydrogen-bond acceptors (Lipinski definition) is 3. The minimum atomic E-state index is -0.200. The molecule has 3 aliphatic rings. The Balaban J connectivity index is 1.83. The molecule has 1 saturated heterocycles. The quantitative estimate of drug-likeness (QED) is 0.446. The van der Waals surface area contributed by atoms with Gasteiger partial charge in [0.15, 0.2) is 0 Å². The lowest BCUT2D eigenvalue weighted by Gasteiger charge is -2.26. The van der Waals surface area contributed by atoms with Gasteiger partial charge in [0.1, 0.15) is 11.7 Å². The molecule has 0 amide bonds. The van der Waals surface area contributed by atoms with Gasteiger partial charge in [-0.2, -0.15) is 0 Å². The fourth-order valence-electron chi connectivity index (χ4n) is 5.89. The van der Waals surface area contributed by atoms with E-state index in [0.29, 0.717) is 29.8 Å². The van der Waals surface area contributed by atoms with Crippen LogP contribution in [0.25, 0.3) is 5.57 Å². The molecule has 1 aliphatic carbocycles. The summed E-state index contributed by atoms with van der Waals surface area (Å²) in [6.07, 6.45) is 10.8. The van der Waals surface area contributed by atoms with E-state index in [1.807, 2.05) is 6.92 Å². The average molecular weight is 476 g/mol. The van der Waals surface area contributed by atoms with Gasteiger partial charge in [-0.05, 0) is 110 Å². The summed E-state index contributed by atoms with van der Waals surface area (Å²) in [5.41, 5.74) is 8.34. The standard InChI is InChI=1S/C31H42FN3/c1-6-8-27(25-9-7-10-26-19-30(29(32)18-25)35-22(5)34-26)31(20(2)3)28-17-24(12-11-21(28)4)23-13-15-33-16-14-23/h9,11-12,17-18,20,23,26,33H,6-8,10,13-16,19H2,1-5H3/b25-9+,29-18+,31-27+. The van der Waals surface area contributed by atoms with Gasteiger partial charge in [-0.3, -0.25) is 4.99 Å². The molecule has 188 valence electrons. The highest BCUT2D eigenvalue weighted by Gasteiger charge is 2.24. The first-order valence-corrected chi connectivity index (χ1v) is 13.6. The number of amidine groups is 1. The minimum Gasteiger partial charge on any atom is -0.317 e. The number of rotatable bonds is 6. The smallest absolute Gasteiger partial charge is 0.145 e. The first-order valence-electron chi connectivity index (χ1n) is 13.6. The summed E-state index contributed by atoms with van der Waals surface area (Å²) in [5, 5.41) is 3.49. The van der Waals surface area contributed by atoms with Crippen molar-refractivity contribution in [3.05, 3.63) is 64.0 Å². The van der Waals surface area contributed by atoms with Gasteiger partial charge in [0.05, 0.1) is 11.8 Å². The predicted octanol–water partition coefficient (Wildman–Crippen LogP) is 7.88. The number of aryl methyl sites for hydroxylation is 1. The summed E-state index contributed by atoms with van der Waals surface area (Å²) in [5.74, 6) is 1.45. The van der Waals surface area contributed by atoms with E-state index in [1.54, 1.807) is 6.08 Å². The molecule has 2 heterocycles. The molecule has 0 aromatic heterocycles. The van der Waals surface area contributed by atoms with Crippen LogP contribution in [-0.2, 0) is 0 Å². The predicted molar refractivity (Wildman–Crippen MR) is 148 cm³/mol. The van der Waals surface area contributed by atoms with Crippen molar-refractivity contribution in [2.24, 2.45) is 15.9 Å². The number of allylic oxidation sites excluding steroid dienone is 6. The summed E-state index contributed by atoms with van der Waals surface area (Å²) >= 11 is 0. The molecule has 4 heteroatoms. The number of fused-ring (bicyclic) bond motifs is 2. The summed E-state index contributed by atoms with van der Waals surface area (Å²) < 4.78 is 15.6. The first-order chi connectivity index (χ1) is 16.9. The number of aliphatic imine (C=N–C) groups is 2. The zero-order valence-electron chi connectivity index (χ0n) is 22.3. The fourth-order valence-corrected chi connectivity index (χ4v) is 5.89. The van der Waals surface area contributed by atoms with Crippen LogP contribution in [0, 0.1) is 12.8 Å². The average Bonchev–Trinajstić information content (AvgIpc) is 2.89. The summed E-state index contributed by atoms with van der Waals surface area (Å²) in [4.78, 5) is 9.11. The Labute approximate surface area is 211 Å². The van der Waals surface area contributed by atoms with Gasteiger partial charge in [-0.1, -0.05) is 51.5 Å². The number of benzene rings is 1. The van der Waals surface area contributed by atoms with Crippen molar-refractivity contribution in [3.8, 4) is 0 Å². The maximum atomic E-state index is 15.6. The van der Waals surface area contributed by atoms with Crippen LogP contribution in [0.5, 0.6) is 0 Å². The third kappa shape index (κ3) is 6.09. The molecule has 0 spiro atoms.